The first kappa shape index (κ1) is 21.1. The highest BCUT2D eigenvalue weighted by Crippen LogP contribution is 2.34. The van der Waals surface area contributed by atoms with Crippen LogP contribution in [0.5, 0.6) is 5.75 Å². The highest BCUT2D eigenvalue weighted by atomic mass is 16.5. The molecule has 0 fully saturated rings. The van der Waals surface area contributed by atoms with Crippen LogP contribution in [0.3, 0.4) is 0 Å². The van der Waals surface area contributed by atoms with Crippen molar-refractivity contribution in [3.63, 3.8) is 0 Å². The lowest BCUT2D eigenvalue weighted by Gasteiger charge is -2.26. The number of rotatable bonds is 6. The van der Waals surface area contributed by atoms with Crippen LogP contribution < -0.4 is 4.74 Å². The molecular formula is C24H31N3O2. The van der Waals surface area contributed by atoms with E-state index >= 15 is 0 Å². The monoisotopic (exact) mass is 393 g/mol. The first-order valence-electron chi connectivity index (χ1n) is 10.1. The van der Waals surface area contributed by atoms with Gasteiger partial charge in [-0.05, 0) is 64.1 Å². The minimum absolute atomic E-state index is 0.0160. The van der Waals surface area contributed by atoms with Gasteiger partial charge in [0.05, 0.1) is 25.4 Å². The van der Waals surface area contributed by atoms with Crippen LogP contribution in [0.1, 0.15) is 48.6 Å². The smallest absolute Gasteiger partial charge is 0.257 e. The molecule has 0 aliphatic carbocycles. The Bertz CT molecular complexity index is 903. The van der Waals surface area contributed by atoms with E-state index in [4.69, 9.17) is 9.84 Å². The number of hydrazone groups is 1. The van der Waals surface area contributed by atoms with Crippen LogP contribution in [0.2, 0.25) is 0 Å². The second kappa shape index (κ2) is 8.78. The Kier molecular flexibility index (Phi) is 6.38. The largest absolute Gasteiger partial charge is 0.497 e. The fraction of sp³-hybridized carbons (Fsp3) is 0.417. The highest BCUT2D eigenvalue weighted by Gasteiger charge is 2.34. The first-order valence-corrected chi connectivity index (χ1v) is 10.1. The van der Waals surface area contributed by atoms with E-state index < -0.39 is 0 Å². The van der Waals surface area contributed by atoms with Gasteiger partial charge >= 0.3 is 0 Å². The van der Waals surface area contributed by atoms with Crippen molar-refractivity contribution in [1.29, 1.82) is 0 Å². The molecule has 29 heavy (non-hydrogen) atoms. The number of likely N-dealkylation sites (N-methyl/N-ethyl adjacent to an activating group) is 1. The fourth-order valence-corrected chi connectivity index (χ4v) is 3.50. The van der Waals surface area contributed by atoms with Crippen LogP contribution in [0.25, 0.3) is 0 Å². The lowest BCUT2D eigenvalue weighted by atomic mass is 9.95. The Morgan fingerprint density at radius 3 is 2.52 bits per heavy atom. The molecule has 2 aromatic rings. The first-order chi connectivity index (χ1) is 13.8. The summed E-state index contributed by atoms with van der Waals surface area (Å²) in [4.78, 5) is 15.2. The molecule has 0 saturated heterocycles. The van der Waals surface area contributed by atoms with Crippen LogP contribution >= 0.6 is 0 Å². The number of methoxy groups -OCH3 is 1. The van der Waals surface area contributed by atoms with E-state index in [0.717, 1.165) is 22.6 Å². The summed E-state index contributed by atoms with van der Waals surface area (Å²) in [6.45, 7) is 8.69. The van der Waals surface area contributed by atoms with E-state index in [2.05, 4.69) is 45.9 Å². The maximum atomic E-state index is 13.1. The molecule has 0 aromatic heterocycles. The molecule has 0 bridgehead atoms. The molecule has 1 unspecified atom stereocenters. The minimum atomic E-state index is -0.108. The van der Waals surface area contributed by atoms with Crippen molar-refractivity contribution < 1.29 is 9.53 Å². The zero-order valence-corrected chi connectivity index (χ0v) is 18.3. The Balaban J connectivity index is 1.95. The second-order valence-electron chi connectivity index (χ2n) is 8.11. The van der Waals surface area contributed by atoms with E-state index in [1.54, 1.807) is 12.1 Å². The number of carbonyl (C=O) groups is 1. The van der Waals surface area contributed by atoms with E-state index in [1.807, 2.05) is 36.2 Å². The molecular weight excluding hydrogens is 362 g/mol. The fourth-order valence-electron chi connectivity index (χ4n) is 3.50. The van der Waals surface area contributed by atoms with Gasteiger partial charge in [0.15, 0.2) is 0 Å². The van der Waals surface area contributed by atoms with Crippen molar-refractivity contribution in [2.75, 3.05) is 20.7 Å². The molecule has 1 amide bonds. The molecule has 0 saturated carbocycles. The number of ether oxygens (including phenoxy) is 1. The second-order valence-corrected chi connectivity index (χ2v) is 8.11. The predicted octanol–water partition coefficient (Wildman–Crippen LogP) is 4.33. The molecule has 0 N–H and O–H groups in total. The van der Waals surface area contributed by atoms with E-state index in [9.17, 15) is 4.79 Å². The van der Waals surface area contributed by atoms with Crippen molar-refractivity contribution >= 4 is 11.6 Å². The topological polar surface area (TPSA) is 45.1 Å². The Hall–Kier alpha value is -2.66. The summed E-state index contributed by atoms with van der Waals surface area (Å²) >= 11 is 0. The third-order valence-corrected chi connectivity index (χ3v) is 5.64. The minimum Gasteiger partial charge on any atom is -0.497 e. The van der Waals surface area contributed by atoms with Gasteiger partial charge in [-0.3, -0.25) is 9.69 Å². The molecule has 1 heterocycles. The molecule has 1 aliphatic heterocycles. The summed E-state index contributed by atoms with van der Waals surface area (Å²) < 4.78 is 5.29. The number of carbonyl (C=O) groups excluding carboxylic acids is 1. The summed E-state index contributed by atoms with van der Waals surface area (Å²) in [5.41, 5.74) is 5.52. The predicted molar refractivity (Wildman–Crippen MR) is 117 cm³/mol. The van der Waals surface area contributed by atoms with Gasteiger partial charge in [0.25, 0.3) is 5.91 Å². The Labute approximate surface area is 174 Å². The number of nitrogens with zero attached hydrogens (tertiary/aromatic N) is 3. The van der Waals surface area contributed by atoms with Gasteiger partial charge in [0.1, 0.15) is 5.75 Å². The number of aryl methyl sites for hydroxylation is 2. The van der Waals surface area contributed by atoms with Gasteiger partial charge in [-0.15, -0.1) is 0 Å². The van der Waals surface area contributed by atoms with Gasteiger partial charge in [0, 0.05) is 18.0 Å². The van der Waals surface area contributed by atoms with Crippen molar-refractivity contribution in [2.45, 2.75) is 46.2 Å². The summed E-state index contributed by atoms with van der Waals surface area (Å²) in [5, 5.41) is 6.49. The zero-order chi connectivity index (χ0) is 21.1. The molecule has 0 spiro atoms. The lowest BCUT2D eigenvalue weighted by molar-refractivity contribution is -0.134. The molecule has 5 heteroatoms. The van der Waals surface area contributed by atoms with Gasteiger partial charge in [-0.25, -0.2) is 5.01 Å². The normalized spacial score (nSPS) is 16.5. The van der Waals surface area contributed by atoms with Crippen LogP contribution in [-0.2, 0) is 4.79 Å². The van der Waals surface area contributed by atoms with Gasteiger partial charge < -0.3 is 4.74 Å². The van der Waals surface area contributed by atoms with E-state index in [1.165, 1.54) is 11.1 Å². The Morgan fingerprint density at radius 1 is 1.21 bits per heavy atom. The summed E-state index contributed by atoms with van der Waals surface area (Å²) in [6.07, 6.45) is 0.702. The van der Waals surface area contributed by atoms with Crippen molar-refractivity contribution in [1.82, 2.24) is 9.91 Å². The van der Waals surface area contributed by atoms with Gasteiger partial charge in [-0.1, -0.05) is 29.8 Å². The molecule has 1 atom stereocenters. The average Bonchev–Trinajstić information content (AvgIpc) is 3.15. The molecule has 154 valence electrons. The number of amides is 1. The number of hydrogen-bond donors (Lipinski definition) is 0. The van der Waals surface area contributed by atoms with Crippen molar-refractivity contribution in [3.05, 3.63) is 64.7 Å². The standard InChI is InChI=1S/C24H31N3O2/c1-16(2)26(5)15-24(28)27-23(19-9-11-20(29-6)12-10-19)14-22(25-27)21-13-17(3)7-8-18(21)4/h7-13,16,23H,14-15H2,1-6H3. The summed E-state index contributed by atoms with van der Waals surface area (Å²) in [7, 11) is 3.63. The van der Waals surface area contributed by atoms with Crippen LogP contribution in [0, 0.1) is 13.8 Å². The molecule has 3 rings (SSSR count). The molecule has 1 aliphatic rings. The maximum absolute atomic E-state index is 13.1. The maximum Gasteiger partial charge on any atom is 0.257 e. The van der Waals surface area contributed by atoms with Crippen molar-refractivity contribution in [3.8, 4) is 5.75 Å². The summed E-state index contributed by atoms with van der Waals surface area (Å²) in [5.74, 6) is 0.821. The lowest BCUT2D eigenvalue weighted by Crippen LogP contribution is -2.39. The van der Waals surface area contributed by atoms with Gasteiger partial charge in [0.2, 0.25) is 0 Å². The number of benzene rings is 2. The molecule has 2 aromatic carbocycles. The van der Waals surface area contributed by atoms with Crippen molar-refractivity contribution in [2.24, 2.45) is 5.10 Å². The molecule has 0 radical (unpaired) electrons. The van der Waals surface area contributed by atoms with Crippen LogP contribution in [0.15, 0.2) is 47.6 Å². The summed E-state index contributed by atoms with van der Waals surface area (Å²) in [6, 6.07) is 14.5. The zero-order valence-electron chi connectivity index (χ0n) is 18.3. The molecule has 5 nitrogen and oxygen atoms in total. The van der Waals surface area contributed by atoms with E-state index in [0.29, 0.717) is 19.0 Å². The number of hydrogen-bond acceptors (Lipinski definition) is 4. The third-order valence-electron chi connectivity index (χ3n) is 5.64. The van der Waals surface area contributed by atoms with Gasteiger partial charge in [-0.2, -0.15) is 5.10 Å². The average molecular weight is 394 g/mol. The quantitative estimate of drug-likeness (QED) is 0.734. The van der Waals surface area contributed by atoms with Crippen LogP contribution in [-0.4, -0.2) is 48.3 Å². The Morgan fingerprint density at radius 2 is 1.90 bits per heavy atom. The highest BCUT2D eigenvalue weighted by molar-refractivity contribution is 6.04. The third kappa shape index (κ3) is 4.67. The van der Waals surface area contributed by atoms with E-state index in [-0.39, 0.29) is 11.9 Å². The SMILES string of the molecule is COc1ccc(C2CC(c3cc(C)ccc3C)=NN2C(=O)CN(C)C(C)C)cc1. The van der Waals surface area contributed by atoms with Crippen LogP contribution in [0.4, 0.5) is 0 Å².